The highest BCUT2D eigenvalue weighted by atomic mass is 32.2. The Morgan fingerprint density at radius 2 is 1.97 bits per heavy atom. The number of fused-ring (bicyclic) bond motifs is 1. The van der Waals surface area contributed by atoms with Gasteiger partial charge in [-0.05, 0) is 43.2 Å². The number of ether oxygens (including phenoxy) is 1. The molecule has 2 heterocycles. The average Bonchev–Trinajstić information content (AvgIpc) is 3.26. The Morgan fingerprint density at radius 3 is 2.79 bits per heavy atom. The van der Waals surface area contributed by atoms with Crippen LogP contribution in [0, 0.1) is 0 Å². The Labute approximate surface area is 169 Å². The van der Waals surface area contributed by atoms with E-state index in [2.05, 4.69) is 15.0 Å². The zero-order valence-electron chi connectivity index (χ0n) is 15.7. The van der Waals surface area contributed by atoms with E-state index in [1.807, 2.05) is 24.3 Å². The van der Waals surface area contributed by atoms with E-state index in [1.54, 1.807) is 24.4 Å². The van der Waals surface area contributed by atoms with Crippen LogP contribution < -0.4 is 10.0 Å². The highest BCUT2D eigenvalue weighted by Gasteiger charge is 2.21. The largest absolute Gasteiger partial charge is 0.377 e. The summed E-state index contributed by atoms with van der Waals surface area (Å²) in [7, 11) is -3.73. The SMILES string of the molecule is O=C(Nc1cccc2cccnc12)c1cccc(S(=O)(=O)NC[C@@H]2CCCO2)c1. The smallest absolute Gasteiger partial charge is 0.255 e. The number of carbonyl (C=O) groups is 1. The van der Waals surface area contributed by atoms with E-state index in [0.717, 1.165) is 18.2 Å². The molecular formula is C21H21N3O4S. The molecule has 0 saturated carbocycles. The average molecular weight is 411 g/mol. The third-order valence-corrected chi connectivity index (χ3v) is 6.23. The first-order valence-electron chi connectivity index (χ1n) is 9.39. The third kappa shape index (κ3) is 4.45. The monoisotopic (exact) mass is 411 g/mol. The zero-order chi connectivity index (χ0) is 20.3. The molecule has 0 radical (unpaired) electrons. The lowest BCUT2D eigenvalue weighted by molar-refractivity contribution is 0.102. The van der Waals surface area contributed by atoms with Crippen molar-refractivity contribution < 1.29 is 17.9 Å². The van der Waals surface area contributed by atoms with E-state index in [0.29, 0.717) is 17.8 Å². The summed E-state index contributed by atoms with van der Waals surface area (Å²) < 4.78 is 33.2. The van der Waals surface area contributed by atoms with Crippen molar-refractivity contribution in [2.24, 2.45) is 0 Å². The molecular weight excluding hydrogens is 390 g/mol. The number of nitrogens with one attached hydrogen (secondary N) is 2. The van der Waals surface area contributed by atoms with Crippen molar-refractivity contribution in [2.75, 3.05) is 18.5 Å². The third-order valence-electron chi connectivity index (χ3n) is 4.81. The number of aromatic nitrogens is 1. The molecule has 1 atom stereocenters. The molecule has 4 rings (SSSR count). The molecule has 2 aromatic carbocycles. The number of para-hydroxylation sites is 1. The highest BCUT2D eigenvalue weighted by Crippen LogP contribution is 2.22. The minimum atomic E-state index is -3.73. The number of nitrogens with zero attached hydrogens (tertiary/aromatic N) is 1. The van der Waals surface area contributed by atoms with Gasteiger partial charge in [-0.2, -0.15) is 0 Å². The molecule has 1 aromatic heterocycles. The molecule has 1 amide bonds. The lowest BCUT2D eigenvalue weighted by Gasteiger charge is -2.12. The van der Waals surface area contributed by atoms with Crippen LogP contribution >= 0.6 is 0 Å². The molecule has 29 heavy (non-hydrogen) atoms. The maximum absolute atomic E-state index is 12.7. The Kier molecular flexibility index (Phi) is 5.57. The van der Waals surface area contributed by atoms with Crippen LogP contribution in [0.2, 0.25) is 0 Å². The Hall–Kier alpha value is -2.81. The Bertz CT molecular complexity index is 1140. The molecule has 0 spiro atoms. The van der Waals surface area contributed by atoms with Gasteiger partial charge in [-0.15, -0.1) is 0 Å². The number of carbonyl (C=O) groups excluding carboxylic acids is 1. The topological polar surface area (TPSA) is 97.4 Å². The van der Waals surface area contributed by atoms with Crippen LogP contribution in [0.15, 0.2) is 65.7 Å². The van der Waals surface area contributed by atoms with Gasteiger partial charge in [-0.25, -0.2) is 13.1 Å². The highest BCUT2D eigenvalue weighted by molar-refractivity contribution is 7.89. The van der Waals surface area contributed by atoms with Crippen LogP contribution in [0.5, 0.6) is 0 Å². The van der Waals surface area contributed by atoms with Crippen LogP contribution in [0.25, 0.3) is 10.9 Å². The molecule has 7 nitrogen and oxygen atoms in total. The van der Waals surface area contributed by atoms with Crippen molar-refractivity contribution in [2.45, 2.75) is 23.8 Å². The van der Waals surface area contributed by atoms with Gasteiger partial charge in [0.25, 0.3) is 5.91 Å². The molecule has 1 aliphatic rings. The summed E-state index contributed by atoms with van der Waals surface area (Å²) in [5.41, 5.74) is 1.49. The second-order valence-corrected chi connectivity index (χ2v) is 8.62. The summed E-state index contributed by atoms with van der Waals surface area (Å²) in [6, 6.07) is 15.2. The van der Waals surface area contributed by atoms with Gasteiger partial charge in [0.15, 0.2) is 0 Å². The van der Waals surface area contributed by atoms with Crippen LogP contribution in [0.1, 0.15) is 23.2 Å². The Balaban J connectivity index is 1.52. The van der Waals surface area contributed by atoms with Gasteiger partial charge in [0.2, 0.25) is 10.0 Å². The number of amides is 1. The maximum atomic E-state index is 12.7. The second kappa shape index (κ2) is 8.28. The fourth-order valence-electron chi connectivity index (χ4n) is 3.30. The van der Waals surface area contributed by atoms with Crippen molar-refractivity contribution in [3.63, 3.8) is 0 Å². The summed E-state index contributed by atoms with van der Waals surface area (Å²) >= 11 is 0. The van der Waals surface area contributed by atoms with Crippen LogP contribution in [0.3, 0.4) is 0 Å². The van der Waals surface area contributed by atoms with Gasteiger partial charge < -0.3 is 10.1 Å². The molecule has 1 aliphatic heterocycles. The van der Waals surface area contributed by atoms with Crippen molar-refractivity contribution >= 4 is 32.5 Å². The van der Waals surface area contributed by atoms with E-state index < -0.39 is 15.9 Å². The summed E-state index contributed by atoms with van der Waals surface area (Å²) in [4.78, 5) is 17.1. The fourth-order valence-corrected chi connectivity index (χ4v) is 4.41. The lowest BCUT2D eigenvalue weighted by atomic mass is 10.1. The van der Waals surface area contributed by atoms with Gasteiger partial charge in [0.1, 0.15) is 0 Å². The van der Waals surface area contributed by atoms with Crippen molar-refractivity contribution in [3.8, 4) is 0 Å². The summed E-state index contributed by atoms with van der Waals surface area (Å²) in [6.07, 6.45) is 3.33. The van der Waals surface area contributed by atoms with Crippen LogP contribution in [-0.2, 0) is 14.8 Å². The van der Waals surface area contributed by atoms with Gasteiger partial charge >= 0.3 is 0 Å². The standard InChI is InChI=1S/C21H21N3O4S/c25-21(24-19-10-2-5-15-7-3-11-22-20(15)19)16-6-1-9-18(13-16)29(26,27)23-14-17-8-4-12-28-17/h1-3,5-7,9-11,13,17,23H,4,8,12,14H2,(H,24,25)/t17-/m0/s1. The predicted octanol–water partition coefficient (Wildman–Crippen LogP) is 2.94. The fraction of sp³-hybridized carbons (Fsp3) is 0.238. The molecule has 150 valence electrons. The van der Waals surface area contributed by atoms with Crippen molar-refractivity contribution in [1.82, 2.24) is 9.71 Å². The van der Waals surface area contributed by atoms with E-state index in [-0.39, 0.29) is 23.1 Å². The van der Waals surface area contributed by atoms with E-state index in [4.69, 9.17) is 4.74 Å². The molecule has 2 N–H and O–H groups in total. The minimum absolute atomic E-state index is 0.0409. The first-order chi connectivity index (χ1) is 14.0. The predicted molar refractivity (Wildman–Crippen MR) is 110 cm³/mol. The normalized spacial score (nSPS) is 16.8. The number of pyridine rings is 1. The summed E-state index contributed by atoms with van der Waals surface area (Å²) in [5.74, 6) is -0.403. The van der Waals surface area contributed by atoms with Crippen LogP contribution in [-0.4, -0.2) is 38.6 Å². The summed E-state index contributed by atoms with van der Waals surface area (Å²) in [6.45, 7) is 0.880. The number of anilines is 1. The number of hydrogen-bond acceptors (Lipinski definition) is 5. The minimum Gasteiger partial charge on any atom is -0.377 e. The van der Waals surface area contributed by atoms with Gasteiger partial charge in [-0.1, -0.05) is 24.3 Å². The number of hydrogen-bond donors (Lipinski definition) is 2. The second-order valence-electron chi connectivity index (χ2n) is 6.85. The van der Waals surface area contributed by atoms with E-state index >= 15 is 0 Å². The molecule has 8 heteroatoms. The van der Waals surface area contributed by atoms with Crippen LogP contribution in [0.4, 0.5) is 5.69 Å². The van der Waals surface area contributed by atoms with Crippen molar-refractivity contribution in [3.05, 3.63) is 66.4 Å². The zero-order valence-corrected chi connectivity index (χ0v) is 16.5. The van der Waals surface area contributed by atoms with E-state index in [1.165, 1.54) is 12.1 Å². The number of benzene rings is 2. The molecule has 0 aliphatic carbocycles. The molecule has 3 aromatic rings. The van der Waals surface area contributed by atoms with Gasteiger partial charge in [0.05, 0.1) is 22.2 Å². The van der Waals surface area contributed by atoms with E-state index in [9.17, 15) is 13.2 Å². The van der Waals surface area contributed by atoms with Gasteiger partial charge in [-0.3, -0.25) is 9.78 Å². The lowest BCUT2D eigenvalue weighted by Crippen LogP contribution is -2.32. The van der Waals surface area contributed by atoms with Crippen molar-refractivity contribution in [1.29, 1.82) is 0 Å². The molecule has 1 fully saturated rings. The number of sulfonamides is 1. The summed E-state index contributed by atoms with van der Waals surface area (Å²) in [5, 5.41) is 3.72. The Morgan fingerprint density at radius 1 is 1.14 bits per heavy atom. The van der Waals surface area contributed by atoms with Gasteiger partial charge in [0, 0.05) is 30.3 Å². The first kappa shape index (κ1) is 19.5. The molecule has 1 saturated heterocycles. The molecule has 0 unspecified atom stereocenters. The molecule has 0 bridgehead atoms. The maximum Gasteiger partial charge on any atom is 0.255 e. The first-order valence-corrected chi connectivity index (χ1v) is 10.9. The number of rotatable bonds is 6. The quantitative estimate of drug-likeness (QED) is 0.650.